The van der Waals surface area contributed by atoms with Crippen LogP contribution in [0.5, 0.6) is 0 Å². The van der Waals surface area contributed by atoms with Crippen LogP contribution in [0.2, 0.25) is 0 Å². The summed E-state index contributed by atoms with van der Waals surface area (Å²) < 4.78 is 0. The number of hydrogen-bond donors (Lipinski definition) is 3. The van der Waals surface area contributed by atoms with Gasteiger partial charge in [0.2, 0.25) is 0 Å². The Morgan fingerprint density at radius 3 is 2.33 bits per heavy atom. The molecule has 1 aromatic rings. The molecule has 18 heavy (non-hydrogen) atoms. The zero-order valence-electron chi connectivity index (χ0n) is 10.7. The number of hydrogen-bond acceptors (Lipinski definition) is 2. The van der Waals surface area contributed by atoms with E-state index in [9.17, 15) is 9.59 Å². The fraction of sp³-hybridized carbons (Fsp3) is 0.385. The maximum Gasteiger partial charge on any atom is 0.326 e. The molecule has 0 unspecified atom stereocenters. The molecule has 0 spiro atoms. The number of nitrogens with one attached hydrogen (secondary N) is 2. The number of carbonyl (C=O) groups excluding carboxylic acids is 1. The predicted octanol–water partition coefficient (Wildman–Crippen LogP) is 2.23. The van der Waals surface area contributed by atoms with Gasteiger partial charge in [0.15, 0.2) is 0 Å². The summed E-state index contributed by atoms with van der Waals surface area (Å²) in [6.45, 7) is 5.35. The molecular formula is C13H18N2O3. The third kappa shape index (κ3) is 3.76. The van der Waals surface area contributed by atoms with Crippen LogP contribution in [0, 0.1) is 12.8 Å². The Labute approximate surface area is 106 Å². The summed E-state index contributed by atoms with van der Waals surface area (Å²) in [5, 5.41) is 14.0. The van der Waals surface area contributed by atoms with Gasteiger partial charge in [0.1, 0.15) is 6.04 Å². The lowest BCUT2D eigenvalue weighted by atomic mass is 10.1. The van der Waals surface area contributed by atoms with Crippen molar-refractivity contribution in [3.8, 4) is 0 Å². The van der Waals surface area contributed by atoms with E-state index in [1.807, 2.05) is 19.1 Å². The second kappa shape index (κ2) is 6.05. The first-order chi connectivity index (χ1) is 8.41. The fourth-order valence-electron chi connectivity index (χ4n) is 1.53. The van der Waals surface area contributed by atoms with Crippen LogP contribution < -0.4 is 10.6 Å². The minimum atomic E-state index is -1.04. The molecule has 5 nitrogen and oxygen atoms in total. The van der Waals surface area contributed by atoms with E-state index in [-0.39, 0.29) is 5.92 Å². The van der Waals surface area contributed by atoms with Crippen molar-refractivity contribution >= 4 is 17.7 Å². The minimum absolute atomic E-state index is 0.176. The molecule has 0 heterocycles. The van der Waals surface area contributed by atoms with Crippen LogP contribution in [0.1, 0.15) is 19.4 Å². The van der Waals surface area contributed by atoms with Gasteiger partial charge in [-0.25, -0.2) is 9.59 Å². The van der Waals surface area contributed by atoms with Crippen molar-refractivity contribution in [2.45, 2.75) is 26.8 Å². The van der Waals surface area contributed by atoms with Crippen molar-refractivity contribution in [2.75, 3.05) is 5.32 Å². The number of urea groups is 1. The number of rotatable bonds is 4. The van der Waals surface area contributed by atoms with E-state index < -0.39 is 18.0 Å². The van der Waals surface area contributed by atoms with Crippen LogP contribution in [0.3, 0.4) is 0 Å². The van der Waals surface area contributed by atoms with Gasteiger partial charge in [-0.15, -0.1) is 0 Å². The lowest BCUT2D eigenvalue weighted by molar-refractivity contribution is -0.140. The summed E-state index contributed by atoms with van der Waals surface area (Å²) >= 11 is 0. The highest BCUT2D eigenvalue weighted by atomic mass is 16.4. The summed E-state index contributed by atoms with van der Waals surface area (Å²) in [7, 11) is 0. The normalized spacial score (nSPS) is 12.0. The molecule has 0 bridgehead atoms. The molecule has 0 aliphatic carbocycles. The first kappa shape index (κ1) is 14.0. The molecule has 0 aliphatic rings. The standard InChI is InChI=1S/C13H18N2O3/c1-8(2)11(12(16)17)15-13(18)14-10-7-5-4-6-9(10)3/h4-8,11H,1-3H3,(H,16,17)(H2,14,15,18)/t11-/m1/s1. The van der Waals surface area contributed by atoms with E-state index >= 15 is 0 Å². The topological polar surface area (TPSA) is 78.4 Å². The number of para-hydroxylation sites is 1. The van der Waals surface area contributed by atoms with Crippen LogP contribution in [0.4, 0.5) is 10.5 Å². The van der Waals surface area contributed by atoms with Crippen molar-refractivity contribution in [1.82, 2.24) is 5.32 Å². The van der Waals surface area contributed by atoms with Crippen LogP contribution >= 0.6 is 0 Å². The lowest BCUT2D eigenvalue weighted by Crippen LogP contribution is -2.46. The molecule has 0 aliphatic heterocycles. The Morgan fingerprint density at radius 2 is 1.83 bits per heavy atom. The third-order valence-corrected chi connectivity index (χ3v) is 2.61. The van der Waals surface area contributed by atoms with Crippen LogP contribution in [-0.2, 0) is 4.79 Å². The number of amides is 2. The minimum Gasteiger partial charge on any atom is -0.480 e. The zero-order chi connectivity index (χ0) is 13.7. The average Bonchev–Trinajstić information content (AvgIpc) is 2.28. The number of carbonyl (C=O) groups is 2. The molecule has 0 saturated carbocycles. The quantitative estimate of drug-likeness (QED) is 0.766. The molecule has 0 radical (unpaired) electrons. The van der Waals surface area contributed by atoms with Gasteiger partial charge in [-0.2, -0.15) is 0 Å². The van der Waals surface area contributed by atoms with Gasteiger partial charge in [-0.3, -0.25) is 0 Å². The highest BCUT2D eigenvalue weighted by Gasteiger charge is 2.23. The Morgan fingerprint density at radius 1 is 1.22 bits per heavy atom. The van der Waals surface area contributed by atoms with E-state index in [1.54, 1.807) is 26.0 Å². The van der Waals surface area contributed by atoms with Gasteiger partial charge in [-0.1, -0.05) is 32.0 Å². The SMILES string of the molecule is Cc1ccccc1NC(=O)N[C@@H](C(=O)O)C(C)C. The Kier molecular flexibility index (Phi) is 4.71. The van der Waals surface area contributed by atoms with Gasteiger partial charge in [0.05, 0.1) is 0 Å². The van der Waals surface area contributed by atoms with E-state index in [1.165, 1.54) is 0 Å². The molecule has 3 N–H and O–H groups in total. The monoisotopic (exact) mass is 250 g/mol. The molecule has 98 valence electrons. The van der Waals surface area contributed by atoms with E-state index in [4.69, 9.17) is 5.11 Å². The smallest absolute Gasteiger partial charge is 0.326 e. The van der Waals surface area contributed by atoms with E-state index in [0.717, 1.165) is 5.56 Å². The van der Waals surface area contributed by atoms with Crippen molar-refractivity contribution in [1.29, 1.82) is 0 Å². The lowest BCUT2D eigenvalue weighted by Gasteiger charge is -2.18. The molecule has 0 saturated heterocycles. The molecule has 2 amide bonds. The Bertz CT molecular complexity index is 444. The van der Waals surface area contributed by atoms with Crippen molar-refractivity contribution in [2.24, 2.45) is 5.92 Å². The van der Waals surface area contributed by atoms with Gasteiger partial charge >= 0.3 is 12.0 Å². The fourth-order valence-corrected chi connectivity index (χ4v) is 1.53. The highest BCUT2D eigenvalue weighted by molar-refractivity contribution is 5.92. The molecule has 1 atom stereocenters. The number of carboxylic acid groups (broad SMARTS) is 1. The van der Waals surface area contributed by atoms with E-state index in [2.05, 4.69) is 10.6 Å². The first-order valence-corrected chi connectivity index (χ1v) is 5.77. The summed E-state index contributed by atoms with van der Waals surface area (Å²) in [5.74, 6) is -1.21. The van der Waals surface area contributed by atoms with E-state index in [0.29, 0.717) is 5.69 Å². The predicted molar refractivity (Wildman–Crippen MR) is 69.6 cm³/mol. The second-order valence-corrected chi connectivity index (χ2v) is 4.47. The molecule has 0 aromatic heterocycles. The molecule has 1 rings (SSSR count). The first-order valence-electron chi connectivity index (χ1n) is 5.77. The summed E-state index contributed by atoms with van der Waals surface area (Å²) in [5.41, 5.74) is 1.59. The van der Waals surface area contributed by atoms with Crippen LogP contribution in [0.25, 0.3) is 0 Å². The number of benzene rings is 1. The summed E-state index contributed by atoms with van der Waals surface area (Å²) in [4.78, 5) is 22.7. The van der Waals surface area contributed by atoms with Crippen LogP contribution in [-0.4, -0.2) is 23.1 Å². The third-order valence-electron chi connectivity index (χ3n) is 2.61. The zero-order valence-corrected chi connectivity index (χ0v) is 10.7. The van der Waals surface area contributed by atoms with Crippen molar-refractivity contribution in [3.05, 3.63) is 29.8 Å². The molecule has 0 fully saturated rings. The Hall–Kier alpha value is -2.04. The highest BCUT2D eigenvalue weighted by Crippen LogP contribution is 2.13. The number of anilines is 1. The average molecular weight is 250 g/mol. The molecule has 5 heteroatoms. The number of aryl methyl sites for hydroxylation is 1. The van der Waals surface area contributed by atoms with Crippen molar-refractivity contribution in [3.63, 3.8) is 0 Å². The summed E-state index contributed by atoms with van der Waals surface area (Å²) in [6, 6.07) is 5.90. The molecular weight excluding hydrogens is 232 g/mol. The second-order valence-electron chi connectivity index (χ2n) is 4.47. The maximum atomic E-state index is 11.7. The van der Waals surface area contributed by atoms with Gasteiger partial charge in [-0.05, 0) is 24.5 Å². The molecule has 1 aromatic carbocycles. The van der Waals surface area contributed by atoms with Gasteiger partial charge in [0.25, 0.3) is 0 Å². The van der Waals surface area contributed by atoms with Gasteiger partial charge < -0.3 is 15.7 Å². The number of carboxylic acids is 1. The Balaban J connectivity index is 2.67. The summed E-state index contributed by atoms with van der Waals surface area (Å²) in [6.07, 6.45) is 0. The van der Waals surface area contributed by atoms with Crippen molar-refractivity contribution < 1.29 is 14.7 Å². The largest absolute Gasteiger partial charge is 0.480 e. The maximum absolute atomic E-state index is 11.7. The number of aliphatic carboxylic acids is 1. The van der Waals surface area contributed by atoms with Gasteiger partial charge in [0, 0.05) is 5.69 Å². The van der Waals surface area contributed by atoms with Crippen LogP contribution in [0.15, 0.2) is 24.3 Å².